The van der Waals surface area contributed by atoms with Crippen molar-refractivity contribution in [1.82, 2.24) is 9.88 Å². The highest BCUT2D eigenvalue weighted by molar-refractivity contribution is 6.34. The first-order valence-corrected chi connectivity index (χ1v) is 8.52. The summed E-state index contributed by atoms with van der Waals surface area (Å²) < 4.78 is 14.7. The van der Waals surface area contributed by atoms with Gasteiger partial charge in [-0.3, -0.25) is 4.79 Å². The van der Waals surface area contributed by atoms with Gasteiger partial charge in [-0.2, -0.15) is 0 Å². The number of rotatable bonds is 3. The van der Waals surface area contributed by atoms with Crippen molar-refractivity contribution < 1.29 is 9.18 Å². The lowest BCUT2D eigenvalue weighted by Crippen LogP contribution is -2.26. The molecule has 2 heterocycles. The zero-order valence-corrected chi connectivity index (χ0v) is 14.7. The number of aromatic nitrogens is 1. The van der Waals surface area contributed by atoms with Crippen LogP contribution in [0, 0.1) is 0 Å². The Morgan fingerprint density at radius 1 is 1.16 bits per heavy atom. The average molecular weight is 360 g/mol. The minimum atomic E-state index is -0.373. The van der Waals surface area contributed by atoms with Crippen molar-refractivity contribution in [2.45, 2.75) is 12.8 Å². The van der Waals surface area contributed by atoms with Crippen molar-refractivity contribution in [3.8, 4) is 0 Å². The van der Waals surface area contributed by atoms with E-state index < -0.39 is 0 Å². The number of likely N-dealkylation sites (tertiary alicyclic amines) is 1. The first-order valence-electron chi connectivity index (χ1n) is 8.14. The summed E-state index contributed by atoms with van der Waals surface area (Å²) in [4.78, 5) is 18.7. The largest absolute Gasteiger partial charge is 0.306 e. The summed E-state index contributed by atoms with van der Waals surface area (Å²) in [5, 5.41) is 3.03. The highest BCUT2D eigenvalue weighted by Crippen LogP contribution is 2.27. The molecule has 1 amide bonds. The van der Waals surface area contributed by atoms with E-state index in [1.165, 1.54) is 0 Å². The molecule has 1 aliphatic heterocycles. The van der Waals surface area contributed by atoms with E-state index in [0.29, 0.717) is 29.2 Å². The van der Waals surface area contributed by atoms with Gasteiger partial charge in [0.05, 0.1) is 10.6 Å². The maximum Gasteiger partial charge on any atom is 0.258 e. The van der Waals surface area contributed by atoms with E-state index in [1.807, 2.05) is 7.05 Å². The van der Waals surface area contributed by atoms with Gasteiger partial charge in [0.1, 0.15) is 17.3 Å². The Bertz CT molecular complexity index is 812. The summed E-state index contributed by atoms with van der Waals surface area (Å²) in [6.07, 6.45) is 1.39. The topological polar surface area (TPSA) is 45.2 Å². The zero-order valence-electron chi connectivity index (χ0n) is 13.9. The molecule has 25 heavy (non-hydrogen) atoms. The number of nitrogens with one attached hydrogen (secondary N) is 1. The number of carbonyl (C=O) groups is 1. The second-order valence-electron chi connectivity index (χ2n) is 6.06. The fourth-order valence-corrected chi connectivity index (χ4v) is 2.97. The van der Waals surface area contributed by atoms with E-state index in [0.717, 1.165) is 18.7 Å². The summed E-state index contributed by atoms with van der Waals surface area (Å²) in [7, 11) is 2.03. The van der Waals surface area contributed by atoms with Crippen LogP contribution in [0.25, 0.3) is 5.83 Å². The Balaban J connectivity index is 1.79. The zero-order chi connectivity index (χ0) is 17.8. The van der Waals surface area contributed by atoms with Crippen LogP contribution in [0.2, 0.25) is 5.02 Å². The lowest BCUT2D eigenvalue weighted by Gasteiger charge is -2.24. The van der Waals surface area contributed by atoms with Crippen molar-refractivity contribution in [2.75, 3.05) is 25.5 Å². The minimum absolute atomic E-state index is 0.247. The second kappa shape index (κ2) is 7.76. The molecule has 2 aromatic rings. The molecule has 1 aromatic heterocycles. The van der Waals surface area contributed by atoms with Gasteiger partial charge in [0.2, 0.25) is 0 Å². The maximum atomic E-state index is 14.7. The van der Waals surface area contributed by atoms with Crippen molar-refractivity contribution in [3.05, 3.63) is 64.3 Å². The van der Waals surface area contributed by atoms with E-state index in [-0.39, 0.29) is 17.4 Å². The molecule has 0 unspecified atom stereocenters. The van der Waals surface area contributed by atoms with Gasteiger partial charge in [-0.25, -0.2) is 9.37 Å². The van der Waals surface area contributed by atoms with Gasteiger partial charge in [0.25, 0.3) is 5.91 Å². The number of benzene rings is 1. The van der Waals surface area contributed by atoms with Crippen molar-refractivity contribution in [2.24, 2.45) is 0 Å². The average Bonchev–Trinajstić information content (AvgIpc) is 2.62. The van der Waals surface area contributed by atoms with E-state index >= 15 is 0 Å². The fraction of sp³-hybridized carbons (Fsp3) is 0.263. The smallest absolute Gasteiger partial charge is 0.258 e. The SMILES string of the molecule is CN1CCC(=C(F)c2cccc(NC(=O)c3ccccc3Cl)n2)CC1. The van der Waals surface area contributed by atoms with Crippen LogP contribution in [0.1, 0.15) is 28.9 Å². The molecular weight excluding hydrogens is 341 g/mol. The van der Waals surface area contributed by atoms with Gasteiger partial charge in [-0.05, 0) is 49.7 Å². The number of piperidine rings is 1. The van der Waals surface area contributed by atoms with Crippen molar-refractivity contribution >= 4 is 29.2 Å². The summed E-state index contributed by atoms with van der Waals surface area (Å²) in [6.45, 7) is 1.68. The van der Waals surface area contributed by atoms with Crippen molar-refractivity contribution in [3.63, 3.8) is 0 Å². The summed E-state index contributed by atoms with van der Waals surface area (Å²) in [5.41, 5.74) is 1.38. The molecule has 0 bridgehead atoms. The van der Waals surface area contributed by atoms with E-state index in [9.17, 15) is 9.18 Å². The molecular formula is C19H19ClFN3O. The van der Waals surface area contributed by atoms with Gasteiger partial charge in [0, 0.05) is 13.1 Å². The molecule has 0 aliphatic carbocycles. The Labute approximate surface area is 151 Å². The Kier molecular flexibility index (Phi) is 5.46. The van der Waals surface area contributed by atoms with Crippen LogP contribution in [-0.4, -0.2) is 35.9 Å². The second-order valence-corrected chi connectivity index (χ2v) is 6.47. The summed E-state index contributed by atoms with van der Waals surface area (Å²) >= 11 is 6.03. The molecule has 1 N–H and O–H groups in total. The van der Waals surface area contributed by atoms with Gasteiger partial charge in [-0.15, -0.1) is 0 Å². The quantitative estimate of drug-likeness (QED) is 0.883. The number of carbonyl (C=O) groups excluding carboxylic acids is 1. The van der Waals surface area contributed by atoms with Crippen LogP contribution in [0.3, 0.4) is 0 Å². The Hall–Kier alpha value is -2.24. The van der Waals surface area contributed by atoms with Crippen LogP contribution in [0.15, 0.2) is 48.0 Å². The molecule has 3 rings (SSSR count). The van der Waals surface area contributed by atoms with E-state index in [4.69, 9.17) is 11.6 Å². The van der Waals surface area contributed by atoms with Gasteiger partial charge in [-0.1, -0.05) is 29.8 Å². The molecule has 4 nitrogen and oxygen atoms in total. The number of hydrogen-bond donors (Lipinski definition) is 1. The first-order chi connectivity index (χ1) is 12.0. The summed E-state index contributed by atoms with van der Waals surface area (Å²) in [5.74, 6) is -0.365. The minimum Gasteiger partial charge on any atom is -0.306 e. The Morgan fingerprint density at radius 2 is 1.88 bits per heavy atom. The molecule has 130 valence electrons. The Morgan fingerprint density at radius 3 is 2.60 bits per heavy atom. The van der Waals surface area contributed by atoms with Crippen LogP contribution in [0.5, 0.6) is 0 Å². The number of halogens is 2. The highest BCUT2D eigenvalue weighted by atomic mass is 35.5. The van der Waals surface area contributed by atoms with E-state index in [2.05, 4.69) is 15.2 Å². The summed E-state index contributed by atoms with van der Waals surface area (Å²) in [6, 6.07) is 11.7. The molecule has 1 fully saturated rings. The maximum absolute atomic E-state index is 14.7. The molecule has 1 saturated heterocycles. The van der Waals surface area contributed by atoms with Crippen LogP contribution in [0.4, 0.5) is 10.2 Å². The third kappa shape index (κ3) is 4.24. The van der Waals surface area contributed by atoms with Crippen LogP contribution < -0.4 is 5.32 Å². The number of anilines is 1. The van der Waals surface area contributed by atoms with Crippen LogP contribution in [-0.2, 0) is 0 Å². The number of pyridine rings is 1. The van der Waals surface area contributed by atoms with E-state index in [1.54, 1.807) is 42.5 Å². The number of nitrogens with zero attached hydrogens (tertiary/aromatic N) is 2. The monoisotopic (exact) mass is 359 g/mol. The third-order valence-corrected chi connectivity index (χ3v) is 4.56. The molecule has 0 spiro atoms. The standard InChI is InChI=1S/C19H19ClFN3O/c1-24-11-9-13(10-12-24)18(21)16-7-4-8-17(22-16)23-19(25)14-5-2-3-6-15(14)20/h2-8H,9-12H2,1H3,(H,22,23,25). The fourth-order valence-electron chi connectivity index (χ4n) is 2.74. The number of hydrogen-bond acceptors (Lipinski definition) is 3. The predicted molar refractivity (Wildman–Crippen MR) is 98.4 cm³/mol. The normalized spacial score (nSPS) is 15.1. The molecule has 0 saturated carbocycles. The molecule has 6 heteroatoms. The first kappa shape index (κ1) is 17.6. The van der Waals surface area contributed by atoms with Gasteiger partial charge >= 0.3 is 0 Å². The molecule has 0 atom stereocenters. The molecule has 1 aliphatic rings. The van der Waals surface area contributed by atoms with Crippen molar-refractivity contribution in [1.29, 1.82) is 0 Å². The third-order valence-electron chi connectivity index (χ3n) is 4.24. The molecule has 0 radical (unpaired) electrons. The molecule has 1 aromatic carbocycles. The lowest BCUT2D eigenvalue weighted by atomic mass is 10.0. The van der Waals surface area contributed by atoms with Crippen LogP contribution >= 0.6 is 11.6 Å². The predicted octanol–water partition coefficient (Wildman–Crippen LogP) is 4.39. The van der Waals surface area contributed by atoms with Gasteiger partial charge < -0.3 is 10.2 Å². The number of amides is 1. The lowest BCUT2D eigenvalue weighted by molar-refractivity contribution is 0.102. The highest BCUT2D eigenvalue weighted by Gasteiger charge is 2.17. The van der Waals surface area contributed by atoms with Gasteiger partial charge in [0.15, 0.2) is 0 Å².